The van der Waals surface area contributed by atoms with Crippen LogP contribution in [0.1, 0.15) is 23.2 Å². The molecule has 17 heavy (non-hydrogen) atoms. The molecule has 1 heterocycles. The second kappa shape index (κ2) is 6.34. The molecule has 1 aromatic rings. The third kappa shape index (κ3) is 3.81. The summed E-state index contributed by atoms with van der Waals surface area (Å²) in [6.07, 6.45) is 1.94. The van der Waals surface area contributed by atoms with Crippen molar-refractivity contribution in [3.05, 3.63) is 23.7 Å². The standard InChI is InChI=1S/C11H15NO4S/c1-3-12(6-10(13)14)11(15)9-5-4-8(16-9)7-17-2/h4-5H,3,6-7H2,1-2H3,(H,13,14). The molecule has 0 radical (unpaired) electrons. The van der Waals surface area contributed by atoms with Crippen molar-refractivity contribution in [2.75, 3.05) is 19.3 Å². The summed E-state index contributed by atoms with van der Waals surface area (Å²) in [5.74, 6) is 0.181. The lowest BCUT2D eigenvalue weighted by atomic mass is 10.3. The summed E-state index contributed by atoms with van der Waals surface area (Å²) in [4.78, 5) is 23.7. The van der Waals surface area contributed by atoms with Crippen molar-refractivity contribution >= 4 is 23.6 Å². The summed E-state index contributed by atoms with van der Waals surface area (Å²) >= 11 is 1.59. The Bertz CT molecular complexity index is 402. The number of carbonyl (C=O) groups excluding carboxylic acids is 1. The van der Waals surface area contributed by atoms with Crippen molar-refractivity contribution in [1.82, 2.24) is 4.90 Å². The number of likely N-dealkylation sites (N-methyl/N-ethyl adjacent to an activating group) is 1. The molecule has 94 valence electrons. The zero-order valence-electron chi connectivity index (χ0n) is 9.80. The predicted molar refractivity (Wildman–Crippen MR) is 65.1 cm³/mol. The summed E-state index contributed by atoms with van der Waals surface area (Å²) in [5.41, 5.74) is 0. The number of nitrogens with zero attached hydrogens (tertiary/aromatic N) is 1. The highest BCUT2D eigenvalue weighted by atomic mass is 32.2. The van der Waals surface area contributed by atoms with E-state index in [0.717, 1.165) is 0 Å². The smallest absolute Gasteiger partial charge is 0.323 e. The van der Waals surface area contributed by atoms with Gasteiger partial charge in [0.25, 0.3) is 5.91 Å². The van der Waals surface area contributed by atoms with Crippen molar-refractivity contribution < 1.29 is 19.1 Å². The number of carbonyl (C=O) groups is 2. The van der Waals surface area contributed by atoms with Crippen LogP contribution in [0.2, 0.25) is 0 Å². The minimum Gasteiger partial charge on any atom is -0.480 e. The maximum Gasteiger partial charge on any atom is 0.323 e. The Morgan fingerprint density at radius 2 is 2.18 bits per heavy atom. The molecule has 0 saturated heterocycles. The number of hydrogen-bond donors (Lipinski definition) is 1. The quantitative estimate of drug-likeness (QED) is 0.839. The Kier molecular flexibility index (Phi) is 5.09. The highest BCUT2D eigenvalue weighted by Crippen LogP contribution is 2.15. The van der Waals surface area contributed by atoms with E-state index in [1.165, 1.54) is 4.90 Å². The fourth-order valence-corrected chi connectivity index (χ4v) is 1.80. The molecular formula is C11H15NO4S. The van der Waals surface area contributed by atoms with Gasteiger partial charge in [-0.05, 0) is 25.3 Å². The normalized spacial score (nSPS) is 10.2. The molecule has 0 aliphatic heterocycles. The molecule has 0 aliphatic rings. The lowest BCUT2D eigenvalue weighted by Gasteiger charge is -2.16. The molecule has 0 aliphatic carbocycles. The van der Waals surface area contributed by atoms with Gasteiger partial charge in [-0.25, -0.2) is 0 Å². The number of carboxylic acids is 1. The van der Waals surface area contributed by atoms with Crippen LogP contribution >= 0.6 is 11.8 Å². The third-order valence-corrected chi connectivity index (χ3v) is 2.73. The molecule has 6 heteroatoms. The van der Waals surface area contributed by atoms with Crippen molar-refractivity contribution in [1.29, 1.82) is 0 Å². The van der Waals surface area contributed by atoms with Gasteiger partial charge in [0.15, 0.2) is 5.76 Å². The van der Waals surface area contributed by atoms with Gasteiger partial charge in [-0.15, -0.1) is 0 Å². The van der Waals surface area contributed by atoms with Gasteiger partial charge in [0, 0.05) is 6.54 Å². The lowest BCUT2D eigenvalue weighted by Crippen LogP contribution is -2.35. The molecule has 5 nitrogen and oxygen atoms in total. The van der Waals surface area contributed by atoms with E-state index < -0.39 is 5.97 Å². The second-order valence-electron chi connectivity index (χ2n) is 3.41. The molecule has 0 saturated carbocycles. The molecule has 0 atom stereocenters. The molecule has 0 bridgehead atoms. The largest absolute Gasteiger partial charge is 0.480 e. The molecule has 1 rings (SSSR count). The summed E-state index contributed by atoms with van der Waals surface area (Å²) in [7, 11) is 0. The van der Waals surface area contributed by atoms with Crippen LogP contribution in [0.5, 0.6) is 0 Å². The fraction of sp³-hybridized carbons (Fsp3) is 0.455. The first-order valence-corrected chi connectivity index (χ1v) is 6.56. The number of rotatable bonds is 6. The highest BCUT2D eigenvalue weighted by Gasteiger charge is 2.19. The van der Waals surface area contributed by atoms with Crippen LogP contribution in [0.3, 0.4) is 0 Å². The van der Waals surface area contributed by atoms with Gasteiger partial charge in [-0.2, -0.15) is 11.8 Å². The van der Waals surface area contributed by atoms with Crippen molar-refractivity contribution in [2.24, 2.45) is 0 Å². The monoisotopic (exact) mass is 257 g/mol. The molecule has 0 fully saturated rings. The Balaban J connectivity index is 2.75. The van der Waals surface area contributed by atoms with Gasteiger partial charge in [0.05, 0.1) is 5.75 Å². The van der Waals surface area contributed by atoms with Crippen LogP contribution in [0.4, 0.5) is 0 Å². The van der Waals surface area contributed by atoms with Gasteiger partial charge < -0.3 is 14.4 Å². The Hall–Kier alpha value is -1.43. The molecule has 1 amide bonds. The van der Waals surface area contributed by atoms with Crippen LogP contribution in [0, 0.1) is 0 Å². The first kappa shape index (κ1) is 13.6. The Morgan fingerprint density at radius 3 is 2.71 bits per heavy atom. The van der Waals surface area contributed by atoms with E-state index in [9.17, 15) is 9.59 Å². The zero-order chi connectivity index (χ0) is 12.8. The first-order valence-electron chi connectivity index (χ1n) is 5.17. The van der Waals surface area contributed by atoms with Crippen molar-refractivity contribution in [3.8, 4) is 0 Å². The van der Waals surface area contributed by atoms with E-state index in [0.29, 0.717) is 18.1 Å². The average molecular weight is 257 g/mol. The van der Waals surface area contributed by atoms with E-state index in [1.807, 2.05) is 6.26 Å². The average Bonchev–Trinajstić information content (AvgIpc) is 2.74. The number of amides is 1. The summed E-state index contributed by atoms with van der Waals surface area (Å²) in [6.45, 7) is 1.75. The van der Waals surface area contributed by atoms with Gasteiger partial charge in [-0.1, -0.05) is 0 Å². The molecule has 0 unspecified atom stereocenters. The minimum absolute atomic E-state index is 0.192. The summed E-state index contributed by atoms with van der Waals surface area (Å²) in [6, 6.07) is 3.32. The number of thioether (sulfide) groups is 1. The first-order chi connectivity index (χ1) is 8.08. The van der Waals surface area contributed by atoms with Crippen LogP contribution in [-0.2, 0) is 10.5 Å². The minimum atomic E-state index is -1.03. The van der Waals surface area contributed by atoms with Crippen molar-refractivity contribution in [3.63, 3.8) is 0 Å². The molecular weight excluding hydrogens is 242 g/mol. The second-order valence-corrected chi connectivity index (χ2v) is 4.28. The van der Waals surface area contributed by atoms with Crippen LogP contribution in [-0.4, -0.2) is 41.2 Å². The highest BCUT2D eigenvalue weighted by molar-refractivity contribution is 7.97. The van der Waals surface area contributed by atoms with Crippen LogP contribution in [0.25, 0.3) is 0 Å². The van der Waals surface area contributed by atoms with Gasteiger partial charge >= 0.3 is 5.97 Å². The summed E-state index contributed by atoms with van der Waals surface area (Å²) < 4.78 is 5.35. The van der Waals surface area contributed by atoms with E-state index in [1.54, 1.807) is 30.8 Å². The Morgan fingerprint density at radius 1 is 1.47 bits per heavy atom. The molecule has 1 aromatic heterocycles. The van der Waals surface area contributed by atoms with E-state index >= 15 is 0 Å². The van der Waals surface area contributed by atoms with Crippen molar-refractivity contribution in [2.45, 2.75) is 12.7 Å². The molecule has 0 spiro atoms. The van der Waals surface area contributed by atoms with Gasteiger partial charge in [-0.3, -0.25) is 9.59 Å². The maximum atomic E-state index is 11.9. The number of carboxylic acid groups (broad SMARTS) is 1. The summed E-state index contributed by atoms with van der Waals surface area (Å²) in [5, 5.41) is 8.67. The SMILES string of the molecule is CCN(CC(=O)O)C(=O)c1ccc(CSC)o1. The van der Waals surface area contributed by atoms with Crippen LogP contribution < -0.4 is 0 Å². The third-order valence-electron chi connectivity index (χ3n) is 2.15. The number of furan rings is 1. The predicted octanol–water partition coefficient (Wildman–Crippen LogP) is 1.69. The van der Waals surface area contributed by atoms with E-state index in [2.05, 4.69) is 0 Å². The van der Waals surface area contributed by atoms with Crippen LogP contribution in [0.15, 0.2) is 16.5 Å². The maximum absolute atomic E-state index is 11.9. The number of aliphatic carboxylic acids is 1. The molecule has 0 aromatic carbocycles. The molecule has 1 N–H and O–H groups in total. The van der Waals surface area contributed by atoms with E-state index in [-0.39, 0.29) is 18.2 Å². The Labute approximate surface area is 104 Å². The number of hydrogen-bond acceptors (Lipinski definition) is 4. The fourth-order valence-electron chi connectivity index (χ4n) is 1.36. The lowest BCUT2D eigenvalue weighted by molar-refractivity contribution is -0.137. The van der Waals surface area contributed by atoms with Gasteiger partial charge in [0.2, 0.25) is 0 Å². The topological polar surface area (TPSA) is 70.8 Å². The van der Waals surface area contributed by atoms with E-state index in [4.69, 9.17) is 9.52 Å². The van der Waals surface area contributed by atoms with Gasteiger partial charge in [0.1, 0.15) is 12.3 Å². The zero-order valence-corrected chi connectivity index (χ0v) is 10.6.